The highest BCUT2D eigenvalue weighted by Crippen LogP contribution is 2.28. The average molecular weight is 372 g/mol. The van der Waals surface area contributed by atoms with E-state index in [4.69, 9.17) is 22.2 Å². The number of likely N-dealkylation sites (tertiary alicyclic amines) is 1. The van der Waals surface area contributed by atoms with Gasteiger partial charge in [0.1, 0.15) is 13.2 Å². The van der Waals surface area contributed by atoms with E-state index in [1.807, 2.05) is 36.4 Å². The smallest absolute Gasteiger partial charge is 0.254 e. The van der Waals surface area contributed by atoms with Crippen LogP contribution in [0.15, 0.2) is 53.7 Å². The lowest BCUT2D eigenvalue weighted by Crippen LogP contribution is -2.43. The SMILES string of the molecule is CON=C1CC(C(N)=O)N(C(=O)c2ccc(-c3ccccc3Cl)cc2)C1. The predicted octanol–water partition coefficient (Wildman–Crippen LogP) is 2.71. The molecule has 0 spiro atoms. The molecular formula is C19H18ClN3O3. The number of hydrogen-bond donors (Lipinski definition) is 1. The zero-order chi connectivity index (χ0) is 18.7. The van der Waals surface area contributed by atoms with E-state index in [1.54, 1.807) is 12.1 Å². The minimum atomic E-state index is -0.723. The van der Waals surface area contributed by atoms with Gasteiger partial charge in [0.25, 0.3) is 5.91 Å². The Bertz CT molecular complexity index is 865. The van der Waals surface area contributed by atoms with Crippen LogP contribution in [0.5, 0.6) is 0 Å². The Hall–Kier alpha value is -2.86. The van der Waals surface area contributed by atoms with E-state index < -0.39 is 11.9 Å². The lowest BCUT2D eigenvalue weighted by atomic mass is 10.0. The van der Waals surface area contributed by atoms with Crippen LogP contribution in [0, 0.1) is 0 Å². The fraction of sp³-hybridized carbons (Fsp3) is 0.211. The van der Waals surface area contributed by atoms with Crippen LogP contribution in [0.1, 0.15) is 16.8 Å². The minimum Gasteiger partial charge on any atom is -0.399 e. The molecule has 1 aliphatic heterocycles. The summed E-state index contributed by atoms with van der Waals surface area (Å²) in [6.45, 7) is 0.215. The number of primary amides is 1. The first-order valence-electron chi connectivity index (χ1n) is 8.05. The van der Waals surface area contributed by atoms with Crippen molar-refractivity contribution < 1.29 is 14.4 Å². The Balaban J connectivity index is 1.85. The van der Waals surface area contributed by atoms with Gasteiger partial charge in [0.05, 0.1) is 12.3 Å². The van der Waals surface area contributed by atoms with E-state index in [-0.39, 0.29) is 18.9 Å². The summed E-state index contributed by atoms with van der Waals surface area (Å²) >= 11 is 6.21. The van der Waals surface area contributed by atoms with Gasteiger partial charge < -0.3 is 15.5 Å². The van der Waals surface area contributed by atoms with Gasteiger partial charge >= 0.3 is 0 Å². The number of hydrogen-bond acceptors (Lipinski definition) is 4. The highest BCUT2D eigenvalue weighted by Gasteiger charge is 2.37. The summed E-state index contributed by atoms with van der Waals surface area (Å²) in [5.41, 5.74) is 8.30. The van der Waals surface area contributed by atoms with Crippen molar-refractivity contribution in [2.45, 2.75) is 12.5 Å². The molecule has 0 aliphatic carbocycles. The number of carbonyl (C=O) groups excluding carboxylic acids is 2. The van der Waals surface area contributed by atoms with E-state index in [1.165, 1.54) is 12.0 Å². The van der Waals surface area contributed by atoms with Crippen molar-refractivity contribution in [3.8, 4) is 11.1 Å². The number of nitrogens with zero attached hydrogens (tertiary/aromatic N) is 2. The molecule has 1 saturated heterocycles. The second-order valence-corrected chi connectivity index (χ2v) is 6.36. The monoisotopic (exact) mass is 371 g/mol. The van der Waals surface area contributed by atoms with Gasteiger partial charge in [-0.3, -0.25) is 9.59 Å². The van der Waals surface area contributed by atoms with Crippen molar-refractivity contribution >= 4 is 29.1 Å². The van der Waals surface area contributed by atoms with Crippen molar-refractivity contribution in [3.05, 3.63) is 59.1 Å². The van der Waals surface area contributed by atoms with Crippen molar-refractivity contribution in [3.63, 3.8) is 0 Å². The minimum absolute atomic E-state index is 0.215. The molecule has 2 N–H and O–H groups in total. The van der Waals surface area contributed by atoms with Gasteiger partial charge in [-0.2, -0.15) is 0 Å². The lowest BCUT2D eigenvalue weighted by molar-refractivity contribution is -0.121. The fourth-order valence-corrected chi connectivity index (χ4v) is 3.27. The molecule has 0 aromatic heterocycles. The molecule has 7 heteroatoms. The quantitative estimate of drug-likeness (QED) is 0.838. The highest BCUT2D eigenvalue weighted by atomic mass is 35.5. The van der Waals surface area contributed by atoms with E-state index in [0.29, 0.717) is 16.3 Å². The lowest BCUT2D eigenvalue weighted by Gasteiger charge is -2.21. The highest BCUT2D eigenvalue weighted by molar-refractivity contribution is 6.33. The molecule has 0 bridgehead atoms. The largest absolute Gasteiger partial charge is 0.399 e. The standard InChI is InChI=1S/C19H18ClN3O3/c1-26-22-14-10-17(18(21)24)23(11-14)19(25)13-8-6-12(7-9-13)15-4-2-3-5-16(15)20/h2-9,17H,10-11H2,1H3,(H2,21,24). The summed E-state index contributed by atoms with van der Waals surface area (Å²) < 4.78 is 0. The maximum atomic E-state index is 12.8. The molecule has 2 aromatic carbocycles. The number of benzene rings is 2. The van der Waals surface area contributed by atoms with Crippen LogP contribution in [-0.4, -0.2) is 42.1 Å². The number of rotatable bonds is 4. The van der Waals surface area contributed by atoms with Gasteiger partial charge in [0.2, 0.25) is 5.91 Å². The first-order chi connectivity index (χ1) is 12.5. The van der Waals surface area contributed by atoms with E-state index >= 15 is 0 Å². The summed E-state index contributed by atoms with van der Waals surface area (Å²) in [7, 11) is 1.42. The van der Waals surface area contributed by atoms with Crippen LogP contribution in [0.25, 0.3) is 11.1 Å². The van der Waals surface area contributed by atoms with E-state index in [9.17, 15) is 9.59 Å². The van der Waals surface area contributed by atoms with Crippen molar-refractivity contribution in [1.29, 1.82) is 0 Å². The molecule has 1 fully saturated rings. The molecule has 1 atom stereocenters. The molecule has 0 radical (unpaired) electrons. The first kappa shape index (κ1) is 17.9. The third-order valence-corrected chi connectivity index (χ3v) is 4.61. The van der Waals surface area contributed by atoms with Gasteiger partial charge in [-0.15, -0.1) is 0 Å². The number of nitrogens with two attached hydrogens (primary N) is 1. The topological polar surface area (TPSA) is 85.0 Å². The maximum Gasteiger partial charge on any atom is 0.254 e. The third-order valence-electron chi connectivity index (χ3n) is 4.28. The molecule has 3 rings (SSSR count). The van der Waals surface area contributed by atoms with Crippen LogP contribution in [-0.2, 0) is 9.63 Å². The predicted molar refractivity (Wildman–Crippen MR) is 100.0 cm³/mol. The molecule has 6 nitrogen and oxygen atoms in total. The molecule has 1 aliphatic rings. The molecule has 0 saturated carbocycles. The van der Waals surface area contributed by atoms with Crippen molar-refractivity contribution in [2.75, 3.05) is 13.7 Å². The van der Waals surface area contributed by atoms with E-state index in [2.05, 4.69) is 5.16 Å². The van der Waals surface area contributed by atoms with E-state index in [0.717, 1.165) is 11.1 Å². The van der Waals surface area contributed by atoms with Crippen LogP contribution in [0.4, 0.5) is 0 Å². The summed E-state index contributed by atoms with van der Waals surface area (Å²) in [6, 6.07) is 13.8. The van der Waals surface area contributed by atoms with Gasteiger partial charge in [0, 0.05) is 22.6 Å². The number of carbonyl (C=O) groups is 2. The Morgan fingerprint density at radius 3 is 2.50 bits per heavy atom. The summed E-state index contributed by atoms with van der Waals surface area (Å²) in [5.74, 6) is -0.840. The molecule has 1 unspecified atom stereocenters. The molecule has 26 heavy (non-hydrogen) atoms. The van der Waals surface area contributed by atoms with Crippen molar-refractivity contribution in [1.82, 2.24) is 4.90 Å². The third kappa shape index (κ3) is 3.55. The van der Waals surface area contributed by atoms with Crippen LogP contribution < -0.4 is 5.73 Å². The number of halogens is 1. The molecule has 134 valence electrons. The molecule has 2 amide bonds. The summed E-state index contributed by atoms with van der Waals surface area (Å²) in [6.07, 6.45) is 0.284. The Kier molecular flexibility index (Phi) is 5.23. The van der Waals surface area contributed by atoms with Gasteiger partial charge in [-0.1, -0.05) is 47.1 Å². The Labute approximate surface area is 156 Å². The van der Waals surface area contributed by atoms with Gasteiger partial charge in [-0.05, 0) is 23.8 Å². The fourth-order valence-electron chi connectivity index (χ4n) is 3.02. The second kappa shape index (κ2) is 7.58. The zero-order valence-corrected chi connectivity index (χ0v) is 14.9. The average Bonchev–Trinajstić information content (AvgIpc) is 3.06. The number of oxime groups is 1. The summed E-state index contributed by atoms with van der Waals surface area (Å²) in [4.78, 5) is 30.7. The van der Waals surface area contributed by atoms with Crippen LogP contribution in [0.2, 0.25) is 5.02 Å². The van der Waals surface area contributed by atoms with Crippen molar-refractivity contribution in [2.24, 2.45) is 10.9 Å². The zero-order valence-electron chi connectivity index (χ0n) is 14.2. The normalized spacial score (nSPS) is 18.2. The summed E-state index contributed by atoms with van der Waals surface area (Å²) in [5, 5.41) is 4.49. The van der Waals surface area contributed by atoms with Crippen LogP contribution in [0.3, 0.4) is 0 Å². The maximum absolute atomic E-state index is 12.8. The van der Waals surface area contributed by atoms with Gasteiger partial charge in [0.15, 0.2) is 0 Å². The first-order valence-corrected chi connectivity index (χ1v) is 8.43. The van der Waals surface area contributed by atoms with Crippen LogP contribution >= 0.6 is 11.6 Å². The molecule has 2 aromatic rings. The Morgan fingerprint density at radius 1 is 1.19 bits per heavy atom. The Morgan fingerprint density at radius 2 is 1.88 bits per heavy atom. The number of amides is 2. The molecule has 1 heterocycles. The van der Waals surface area contributed by atoms with Gasteiger partial charge in [-0.25, -0.2) is 0 Å². The second-order valence-electron chi connectivity index (χ2n) is 5.95. The molecular weight excluding hydrogens is 354 g/mol.